The lowest BCUT2D eigenvalue weighted by Crippen LogP contribution is -2.45. The number of nitrogens with one attached hydrogen (secondary N) is 2. The average molecular weight is 389 g/mol. The minimum atomic E-state index is -0.250. The molecule has 154 valence electrons. The zero-order valence-electron chi connectivity index (χ0n) is 17.4. The highest BCUT2D eigenvalue weighted by Crippen LogP contribution is 2.37. The maximum atomic E-state index is 13.3. The van der Waals surface area contributed by atoms with E-state index in [0.29, 0.717) is 22.2 Å². The Bertz CT molecular complexity index is 812. The van der Waals surface area contributed by atoms with Crippen molar-refractivity contribution < 1.29 is 9.59 Å². The van der Waals surface area contributed by atoms with Gasteiger partial charge in [-0.15, -0.1) is 0 Å². The first-order valence-corrected chi connectivity index (χ1v) is 10.2. The van der Waals surface area contributed by atoms with Gasteiger partial charge in [-0.2, -0.15) is 0 Å². The van der Waals surface area contributed by atoms with E-state index in [1.165, 1.54) is 17.1 Å². The third-order valence-electron chi connectivity index (χ3n) is 6.18. The summed E-state index contributed by atoms with van der Waals surface area (Å²) in [6, 6.07) is 1.47. The predicted octanol–water partition coefficient (Wildman–Crippen LogP) is 1.21. The summed E-state index contributed by atoms with van der Waals surface area (Å²) >= 11 is 0. The number of pyridine rings is 1. The van der Waals surface area contributed by atoms with E-state index in [2.05, 4.69) is 10.6 Å². The number of rotatable bonds is 4. The number of hydrogen-bond acceptors (Lipinski definition) is 4. The van der Waals surface area contributed by atoms with Crippen molar-refractivity contribution in [2.24, 2.45) is 5.41 Å². The molecule has 7 heteroatoms. The van der Waals surface area contributed by atoms with Crippen LogP contribution < -0.4 is 16.2 Å². The molecule has 3 heterocycles. The highest BCUT2D eigenvalue weighted by atomic mass is 16.2. The van der Waals surface area contributed by atoms with Crippen molar-refractivity contribution in [1.29, 1.82) is 0 Å². The van der Waals surface area contributed by atoms with Crippen molar-refractivity contribution >= 4 is 11.8 Å². The number of carbonyl (C=O) groups excluding carboxylic acids is 2. The van der Waals surface area contributed by atoms with Gasteiger partial charge in [-0.1, -0.05) is 0 Å². The number of aryl methyl sites for hydroxylation is 1. The van der Waals surface area contributed by atoms with E-state index >= 15 is 0 Å². The summed E-state index contributed by atoms with van der Waals surface area (Å²) < 4.78 is 1.41. The van der Waals surface area contributed by atoms with Gasteiger partial charge in [0.25, 0.3) is 11.5 Å². The van der Waals surface area contributed by atoms with Crippen molar-refractivity contribution in [1.82, 2.24) is 20.1 Å². The molecular formula is C21H32N4O3. The molecule has 0 radical (unpaired) electrons. The van der Waals surface area contributed by atoms with Crippen LogP contribution in [0.15, 0.2) is 10.9 Å². The number of nitrogens with zero attached hydrogens (tertiary/aromatic N) is 2. The molecule has 3 rings (SSSR count). The largest absolute Gasteiger partial charge is 0.352 e. The van der Waals surface area contributed by atoms with Crippen molar-refractivity contribution in [3.8, 4) is 0 Å². The highest BCUT2D eigenvalue weighted by molar-refractivity contribution is 5.96. The summed E-state index contributed by atoms with van der Waals surface area (Å²) in [5.41, 5.74) is 1.89. The topological polar surface area (TPSA) is 83.4 Å². The first-order chi connectivity index (χ1) is 13.2. The molecule has 0 aliphatic carbocycles. The number of amides is 2. The zero-order chi connectivity index (χ0) is 20.5. The SMILES string of the molecule is Cc1cc(=O)n(CC(=O)NC(C)C)c(C)c1C(=O)N1CCC2(CCNC2)CC1. The van der Waals surface area contributed by atoms with Crippen LogP contribution in [0.2, 0.25) is 0 Å². The van der Waals surface area contributed by atoms with E-state index in [1.807, 2.05) is 18.7 Å². The van der Waals surface area contributed by atoms with E-state index in [4.69, 9.17) is 0 Å². The summed E-state index contributed by atoms with van der Waals surface area (Å²) in [6.45, 7) is 10.8. The number of aromatic nitrogens is 1. The van der Waals surface area contributed by atoms with E-state index in [0.717, 1.165) is 39.0 Å². The van der Waals surface area contributed by atoms with Crippen LogP contribution in [0.4, 0.5) is 0 Å². The van der Waals surface area contributed by atoms with Crippen LogP contribution in [0.25, 0.3) is 0 Å². The van der Waals surface area contributed by atoms with E-state index in [9.17, 15) is 14.4 Å². The van der Waals surface area contributed by atoms with E-state index in [-0.39, 0.29) is 30.0 Å². The van der Waals surface area contributed by atoms with Crippen LogP contribution in [0.5, 0.6) is 0 Å². The number of hydrogen-bond donors (Lipinski definition) is 2. The maximum absolute atomic E-state index is 13.3. The van der Waals surface area contributed by atoms with Gasteiger partial charge in [0, 0.05) is 37.4 Å². The Morgan fingerprint density at radius 2 is 1.89 bits per heavy atom. The fraction of sp³-hybridized carbons (Fsp3) is 0.667. The average Bonchev–Trinajstić information content (AvgIpc) is 3.06. The molecular weight excluding hydrogens is 356 g/mol. The maximum Gasteiger partial charge on any atom is 0.255 e. The summed E-state index contributed by atoms with van der Waals surface area (Å²) in [6.07, 6.45) is 3.21. The van der Waals surface area contributed by atoms with E-state index < -0.39 is 0 Å². The van der Waals surface area contributed by atoms with Crippen LogP contribution in [0.3, 0.4) is 0 Å². The lowest BCUT2D eigenvalue weighted by molar-refractivity contribution is -0.122. The highest BCUT2D eigenvalue weighted by Gasteiger charge is 2.38. The Kier molecular flexibility index (Phi) is 5.93. The van der Waals surface area contributed by atoms with Gasteiger partial charge in [-0.3, -0.25) is 14.4 Å². The molecule has 2 N–H and O–H groups in total. The molecule has 2 aliphatic rings. The van der Waals surface area contributed by atoms with Gasteiger partial charge in [-0.05, 0) is 64.5 Å². The molecule has 1 aromatic heterocycles. The molecule has 2 amide bonds. The summed E-state index contributed by atoms with van der Waals surface area (Å²) in [7, 11) is 0. The minimum absolute atomic E-state index is 0.000747. The molecule has 2 fully saturated rings. The zero-order valence-corrected chi connectivity index (χ0v) is 17.4. The van der Waals surface area contributed by atoms with Gasteiger partial charge in [0.2, 0.25) is 5.91 Å². The Labute approximate surface area is 166 Å². The Morgan fingerprint density at radius 3 is 2.46 bits per heavy atom. The molecule has 2 aliphatic heterocycles. The Hall–Kier alpha value is -2.15. The number of likely N-dealkylation sites (tertiary alicyclic amines) is 1. The summed E-state index contributed by atoms with van der Waals surface area (Å²) in [5, 5.41) is 6.24. The third kappa shape index (κ3) is 4.14. The fourth-order valence-corrected chi connectivity index (χ4v) is 4.52. The second-order valence-corrected chi connectivity index (χ2v) is 8.65. The van der Waals surface area contributed by atoms with Gasteiger partial charge in [0.15, 0.2) is 0 Å². The van der Waals surface area contributed by atoms with Gasteiger partial charge >= 0.3 is 0 Å². The molecule has 28 heavy (non-hydrogen) atoms. The molecule has 1 spiro atoms. The van der Waals surface area contributed by atoms with Crippen molar-refractivity contribution in [2.75, 3.05) is 26.2 Å². The number of carbonyl (C=O) groups is 2. The van der Waals surface area contributed by atoms with Crippen LogP contribution in [-0.2, 0) is 11.3 Å². The van der Waals surface area contributed by atoms with Crippen LogP contribution in [0, 0.1) is 19.3 Å². The third-order valence-corrected chi connectivity index (χ3v) is 6.18. The summed E-state index contributed by atoms with van der Waals surface area (Å²) in [4.78, 5) is 39.8. The van der Waals surface area contributed by atoms with E-state index in [1.54, 1.807) is 13.8 Å². The molecule has 0 atom stereocenters. The lowest BCUT2D eigenvalue weighted by atomic mass is 9.77. The quantitative estimate of drug-likeness (QED) is 0.812. The monoisotopic (exact) mass is 388 g/mol. The normalized spacial score (nSPS) is 18.7. The first kappa shape index (κ1) is 20.6. The molecule has 7 nitrogen and oxygen atoms in total. The first-order valence-electron chi connectivity index (χ1n) is 10.2. The van der Waals surface area contributed by atoms with Gasteiger partial charge in [0.1, 0.15) is 6.54 Å². The minimum Gasteiger partial charge on any atom is -0.352 e. The molecule has 0 aromatic carbocycles. The molecule has 1 aromatic rings. The van der Waals surface area contributed by atoms with Gasteiger partial charge in [0.05, 0.1) is 5.56 Å². The molecule has 0 unspecified atom stereocenters. The standard InChI is InChI=1S/C21H32N4O3/c1-14(2)23-17(26)12-25-16(4)19(15(3)11-18(25)27)20(28)24-9-6-21(7-10-24)5-8-22-13-21/h11,14,22H,5-10,12-13H2,1-4H3,(H,23,26). The lowest BCUT2D eigenvalue weighted by Gasteiger charge is -2.39. The number of piperidine rings is 1. The van der Waals surface area contributed by atoms with Crippen molar-refractivity contribution in [3.05, 3.63) is 33.2 Å². The van der Waals surface area contributed by atoms with Crippen LogP contribution in [-0.4, -0.2) is 53.5 Å². The molecule has 0 saturated carbocycles. The van der Waals surface area contributed by atoms with Crippen molar-refractivity contribution in [3.63, 3.8) is 0 Å². The Balaban J connectivity index is 1.81. The van der Waals surface area contributed by atoms with Crippen LogP contribution in [0.1, 0.15) is 54.7 Å². The predicted molar refractivity (Wildman–Crippen MR) is 109 cm³/mol. The summed E-state index contributed by atoms with van der Waals surface area (Å²) in [5.74, 6) is -0.259. The van der Waals surface area contributed by atoms with Gasteiger partial charge in [-0.25, -0.2) is 0 Å². The second kappa shape index (κ2) is 8.07. The van der Waals surface area contributed by atoms with Crippen LogP contribution >= 0.6 is 0 Å². The second-order valence-electron chi connectivity index (χ2n) is 8.65. The molecule has 0 bridgehead atoms. The molecule has 2 saturated heterocycles. The van der Waals surface area contributed by atoms with Gasteiger partial charge < -0.3 is 20.1 Å². The Morgan fingerprint density at radius 1 is 1.21 bits per heavy atom. The fourth-order valence-electron chi connectivity index (χ4n) is 4.52. The van der Waals surface area contributed by atoms with Crippen molar-refractivity contribution in [2.45, 2.75) is 59.5 Å². The smallest absolute Gasteiger partial charge is 0.255 e.